The monoisotopic (exact) mass is 446 g/mol. The lowest BCUT2D eigenvalue weighted by molar-refractivity contribution is -0.136. The molecule has 170 valence electrons. The van der Waals surface area contributed by atoms with Gasteiger partial charge in [-0.05, 0) is 61.4 Å². The molecule has 0 saturated carbocycles. The maximum atomic E-state index is 13.3. The number of fused-ring (bicyclic) bond motifs is 1. The Bertz CT molecular complexity index is 838. The van der Waals surface area contributed by atoms with Crippen LogP contribution in [0.1, 0.15) is 35.4 Å². The molecule has 2 aromatic rings. The van der Waals surface area contributed by atoms with Crippen molar-refractivity contribution in [3.8, 4) is 5.75 Å². The van der Waals surface area contributed by atoms with Gasteiger partial charge in [-0.25, -0.2) is 0 Å². The van der Waals surface area contributed by atoms with E-state index in [1.165, 1.54) is 10.4 Å². The second kappa shape index (κ2) is 11.6. The molecular weight excluding hydrogens is 412 g/mol. The number of aliphatic hydroxyl groups is 1. The van der Waals surface area contributed by atoms with Gasteiger partial charge in [-0.2, -0.15) is 0 Å². The van der Waals surface area contributed by atoms with Gasteiger partial charge in [0.15, 0.2) is 0 Å². The first-order chi connectivity index (χ1) is 15.0. The zero-order valence-corrected chi connectivity index (χ0v) is 19.6. The third kappa shape index (κ3) is 6.77. The van der Waals surface area contributed by atoms with Crippen molar-refractivity contribution in [2.75, 3.05) is 46.5 Å². The number of aliphatic hydroxyl groups excluding tert-OH is 1. The maximum Gasteiger partial charge on any atom is 0.237 e. The molecule has 1 aliphatic rings. The lowest BCUT2D eigenvalue weighted by Crippen LogP contribution is -2.47. The van der Waals surface area contributed by atoms with E-state index in [-0.39, 0.29) is 18.5 Å². The predicted molar refractivity (Wildman–Crippen MR) is 124 cm³/mol. The molecule has 1 aliphatic heterocycles. The summed E-state index contributed by atoms with van der Waals surface area (Å²) in [4.78, 5) is 18.7. The topological polar surface area (TPSA) is 62.2 Å². The first kappa shape index (κ1) is 23.7. The van der Waals surface area contributed by atoms with Crippen LogP contribution < -0.4 is 4.74 Å². The van der Waals surface area contributed by atoms with Gasteiger partial charge in [0.1, 0.15) is 12.4 Å². The van der Waals surface area contributed by atoms with Gasteiger partial charge in [0.2, 0.25) is 5.91 Å². The van der Waals surface area contributed by atoms with Gasteiger partial charge in [0.05, 0.1) is 18.7 Å². The molecule has 6 nitrogen and oxygen atoms in total. The van der Waals surface area contributed by atoms with Crippen LogP contribution >= 0.6 is 11.3 Å². The summed E-state index contributed by atoms with van der Waals surface area (Å²) < 4.78 is 11.3. The third-order valence-electron chi connectivity index (χ3n) is 5.52. The SMILES string of the molecule is COCCCN(CC(=O)N1CCc2sccc2[C@@H]1COc1cccc(C)c1)C[C@H](C)O. The zero-order chi connectivity index (χ0) is 22.2. The lowest BCUT2D eigenvalue weighted by atomic mass is 10.0. The van der Waals surface area contributed by atoms with Crippen molar-refractivity contribution in [3.05, 3.63) is 51.7 Å². The van der Waals surface area contributed by atoms with Crippen molar-refractivity contribution < 1.29 is 19.4 Å². The van der Waals surface area contributed by atoms with Crippen LogP contribution in [0.4, 0.5) is 0 Å². The average molecular weight is 447 g/mol. The molecule has 1 aromatic heterocycles. The Morgan fingerprint density at radius 2 is 2.23 bits per heavy atom. The Labute approximate surface area is 189 Å². The minimum atomic E-state index is -0.486. The number of ether oxygens (including phenoxy) is 2. The number of carbonyl (C=O) groups excluding carboxylic acids is 1. The highest BCUT2D eigenvalue weighted by molar-refractivity contribution is 7.10. The lowest BCUT2D eigenvalue weighted by Gasteiger charge is -2.37. The molecule has 2 atom stereocenters. The summed E-state index contributed by atoms with van der Waals surface area (Å²) >= 11 is 1.75. The minimum Gasteiger partial charge on any atom is -0.491 e. The fourth-order valence-corrected chi connectivity index (χ4v) is 5.01. The molecule has 3 rings (SSSR count). The van der Waals surface area contributed by atoms with Crippen molar-refractivity contribution in [1.29, 1.82) is 0 Å². The molecule has 0 bridgehead atoms. The standard InChI is InChI=1S/C24H34N2O4S/c1-18-6-4-7-20(14-18)30-17-22-21-9-13-31-23(21)8-11-26(22)24(28)16-25(15-19(2)27)10-5-12-29-3/h4,6-7,9,13-14,19,22,27H,5,8,10-12,15-17H2,1-3H3/t19-,22-/m0/s1. The van der Waals surface area contributed by atoms with Crippen LogP contribution in [-0.2, 0) is 16.0 Å². The molecule has 0 fully saturated rings. The van der Waals surface area contributed by atoms with E-state index in [1.54, 1.807) is 25.4 Å². The quantitative estimate of drug-likeness (QED) is 0.537. The Kier molecular flexibility index (Phi) is 8.90. The molecule has 2 heterocycles. The van der Waals surface area contributed by atoms with E-state index in [2.05, 4.69) is 11.4 Å². The second-order valence-corrected chi connectivity index (χ2v) is 9.21. The highest BCUT2D eigenvalue weighted by Gasteiger charge is 2.32. The van der Waals surface area contributed by atoms with Crippen molar-refractivity contribution in [2.45, 2.75) is 38.8 Å². The summed E-state index contributed by atoms with van der Waals surface area (Å²) in [6.07, 6.45) is 1.21. The summed E-state index contributed by atoms with van der Waals surface area (Å²) in [6.45, 7) is 7.03. The van der Waals surface area contributed by atoms with Crippen LogP contribution in [0.5, 0.6) is 5.75 Å². The largest absolute Gasteiger partial charge is 0.491 e. The van der Waals surface area contributed by atoms with Gasteiger partial charge in [0, 0.05) is 38.2 Å². The Hall–Kier alpha value is -1.93. The minimum absolute atomic E-state index is 0.0766. The number of rotatable bonds is 11. The molecular formula is C24H34N2O4S. The Morgan fingerprint density at radius 1 is 1.39 bits per heavy atom. The number of benzene rings is 1. The van der Waals surface area contributed by atoms with E-state index < -0.39 is 6.10 Å². The van der Waals surface area contributed by atoms with Crippen molar-refractivity contribution >= 4 is 17.2 Å². The van der Waals surface area contributed by atoms with Gasteiger partial charge in [0.25, 0.3) is 0 Å². The van der Waals surface area contributed by atoms with E-state index in [0.717, 1.165) is 24.2 Å². The first-order valence-electron chi connectivity index (χ1n) is 10.9. The molecule has 0 spiro atoms. The van der Waals surface area contributed by atoms with Gasteiger partial charge in [-0.15, -0.1) is 11.3 Å². The molecule has 31 heavy (non-hydrogen) atoms. The van der Waals surface area contributed by atoms with Crippen LogP contribution in [0, 0.1) is 6.92 Å². The van der Waals surface area contributed by atoms with E-state index in [1.807, 2.05) is 41.0 Å². The van der Waals surface area contributed by atoms with Crippen molar-refractivity contribution in [2.24, 2.45) is 0 Å². The number of methoxy groups -OCH3 is 1. The highest BCUT2D eigenvalue weighted by atomic mass is 32.1. The van der Waals surface area contributed by atoms with Gasteiger partial charge in [-0.1, -0.05) is 12.1 Å². The molecule has 0 saturated heterocycles. The zero-order valence-electron chi connectivity index (χ0n) is 18.8. The van der Waals surface area contributed by atoms with Crippen LogP contribution in [0.15, 0.2) is 35.7 Å². The number of hydrogen-bond donors (Lipinski definition) is 1. The van der Waals surface area contributed by atoms with Crippen LogP contribution in [-0.4, -0.2) is 73.4 Å². The molecule has 1 N–H and O–H groups in total. The molecule has 0 radical (unpaired) electrons. The molecule has 7 heteroatoms. The molecule has 0 unspecified atom stereocenters. The Morgan fingerprint density at radius 3 is 2.97 bits per heavy atom. The summed E-state index contributed by atoms with van der Waals surface area (Å²) in [5, 5.41) is 12.0. The normalized spacial score (nSPS) is 16.9. The van der Waals surface area contributed by atoms with Crippen molar-refractivity contribution in [1.82, 2.24) is 9.80 Å². The van der Waals surface area contributed by atoms with Crippen LogP contribution in [0.2, 0.25) is 0 Å². The number of amides is 1. The second-order valence-electron chi connectivity index (χ2n) is 8.21. The summed E-state index contributed by atoms with van der Waals surface area (Å²) in [7, 11) is 1.68. The predicted octanol–water partition coefficient (Wildman–Crippen LogP) is 3.28. The number of carbonyl (C=O) groups is 1. The number of hydrogen-bond acceptors (Lipinski definition) is 6. The average Bonchev–Trinajstić information content (AvgIpc) is 3.20. The summed E-state index contributed by atoms with van der Waals surface area (Å²) in [5.41, 5.74) is 2.34. The third-order valence-corrected chi connectivity index (χ3v) is 6.51. The van der Waals surface area contributed by atoms with Gasteiger partial charge in [-0.3, -0.25) is 9.69 Å². The van der Waals surface area contributed by atoms with E-state index in [9.17, 15) is 9.90 Å². The maximum absolute atomic E-state index is 13.3. The summed E-state index contributed by atoms with van der Waals surface area (Å²) in [6, 6.07) is 10.0. The molecule has 0 aliphatic carbocycles. The smallest absolute Gasteiger partial charge is 0.237 e. The summed E-state index contributed by atoms with van der Waals surface area (Å²) in [5.74, 6) is 0.901. The van der Waals surface area contributed by atoms with E-state index in [0.29, 0.717) is 32.8 Å². The van der Waals surface area contributed by atoms with E-state index >= 15 is 0 Å². The molecule has 1 aromatic carbocycles. The number of thiophene rings is 1. The highest BCUT2D eigenvalue weighted by Crippen LogP contribution is 2.34. The van der Waals surface area contributed by atoms with Gasteiger partial charge < -0.3 is 19.5 Å². The van der Waals surface area contributed by atoms with Crippen molar-refractivity contribution in [3.63, 3.8) is 0 Å². The van der Waals surface area contributed by atoms with Crippen LogP contribution in [0.3, 0.4) is 0 Å². The Balaban J connectivity index is 1.71. The first-order valence-corrected chi connectivity index (χ1v) is 11.8. The molecule has 1 amide bonds. The number of nitrogens with zero attached hydrogens (tertiary/aromatic N) is 2. The van der Waals surface area contributed by atoms with E-state index in [4.69, 9.17) is 9.47 Å². The number of aryl methyl sites for hydroxylation is 1. The van der Waals surface area contributed by atoms with Gasteiger partial charge >= 0.3 is 0 Å². The van der Waals surface area contributed by atoms with Crippen LogP contribution in [0.25, 0.3) is 0 Å². The fourth-order valence-electron chi connectivity index (χ4n) is 4.08. The fraction of sp³-hybridized carbons (Fsp3) is 0.542.